The third-order valence-electron chi connectivity index (χ3n) is 4.96. The summed E-state index contributed by atoms with van der Waals surface area (Å²) in [6.45, 7) is 2.16. The van der Waals surface area contributed by atoms with Gasteiger partial charge >= 0.3 is 0 Å². The Bertz CT molecular complexity index is 947. The predicted molar refractivity (Wildman–Crippen MR) is 109 cm³/mol. The fourth-order valence-electron chi connectivity index (χ4n) is 3.38. The molecule has 1 unspecified atom stereocenters. The summed E-state index contributed by atoms with van der Waals surface area (Å²) in [4.78, 5) is 35.6. The van der Waals surface area contributed by atoms with Crippen molar-refractivity contribution in [1.82, 2.24) is 0 Å². The first-order valence-corrected chi connectivity index (χ1v) is 9.88. The van der Waals surface area contributed by atoms with Crippen molar-refractivity contribution in [1.29, 1.82) is 0 Å². The molecule has 1 aliphatic carbocycles. The highest BCUT2D eigenvalue weighted by Crippen LogP contribution is 2.40. The van der Waals surface area contributed by atoms with Gasteiger partial charge in [-0.25, -0.2) is 0 Å². The Morgan fingerprint density at radius 1 is 1.36 bits per heavy atom. The highest BCUT2D eigenvalue weighted by molar-refractivity contribution is 7.17. The minimum Gasteiger partial charge on any atom is -0.365 e. The van der Waals surface area contributed by atoms with Gasteiger partial charge in [0.2, 0.25) is 5.91 Å². The first-order valence-electron chi connectivity index (χ1n) is 9.06. The summed E-state index contributed by atoms with van der Waals surface area (Å²) in [7, 11) is 0. The first-order chi connectivity index (χ1) is 13.4. The second kappa shape index (κ2) is 8.35. The molecule has 0 fully saturated rings. The number of amides is 2. The summed E-state index contributed by atoms with van der Waals surface area (Å²) < 4.78 is 0. The number of nitro groups is 1. The van der Waals surface area contributed by atoms with Crippen molar-refractivity contribution in [2.24, 2.45) is 11.7 Å². The van der Waals surface area contributed by atoms with Crippen molar-refractivity contribution < 1.29 is 14.5 Å². The number of benzene rings is 1. The molecular formula is C20H21N3O4S. The van der Waals surface area contributed by atoms with Gasteiger partial charge in [-0.2, -0.15) is 0 Å². The van der Waals surface area contributed by atoms with Gasteiger partial charge < -0.3 is 11.1 Å². The third-order valence-corrected chi connectivity index (χ3v) is 6.13. The van der Waals surface area contributed by atoms with Crippen molar-refractivity contribution in [2.45, 2.75) is 32.6 Å². The van der Waals surface area contributed by atoms with Crippen LogP contribution in [-0.4, -0.2) is 16.7 Å². The lowest BCUT2D eigenvalue weighted by molar-refractivity contribution is -0.384. The summed E-state index contributed by atoms with van der Waals surface area (Å²) in [5, 5.41) is 13.9. The number of nitro benzene ring substituents is 1. The number of rotatable bonds is 6. The molecule has 0 radical (unpaired) electrons. The van der Waals surface area contributed by atoms with Crippen molar-refractivity contribution >= 4 is 39.9 Å². The molecule has 28 heavy (non-hydrogen) atoms. The smallest absolute Gasteiger partial charge is 0.269 e. The van der Waals surface area contributed by atoms with E-state index in [0.29, 0.717) is 22.0 Å². The zero-order valence-electron chi connectivity index (χ0n) is 15.4. The van der Waals surface area contributed by atoms with E-state index in [1.165, 1.54) is 29.5 Å². The molecule has 3 N–H and O–H groups in total. The molecule has 0 bridgehead atoms. The summed E-state index contributed by atoms with van der Waals surface area (Å²) >= 11 is 1.42. The third kappa shape index (κ3) is 4.28. The second-order valence-corrected chi connectivity index (χ2v) is 7.87. The molecule has 1 atom stereocenters. The van der Waals surface area contributed by atoms with E-state index in [1.807, 2.05) is 0 Å². The molecule has 0 aliphatic heterocycles. The number of non-ortho nitro benzene ring substituents is 1. The van der Waals surface area contributed by atoms with Crippen molar-refractivity contribution in [3.05, 3.63) is 62.0 Å². The van der Waals surface area contributed by atoms with Crippen molar-refractivity contribution in [3.8, 4) is 0 Å². The molecule has 7 nitrogen and oxygen atoms in total. The van der Waals surface area contributed by atoms with E-state index in [9.17, 15) is 19.7 Å². The van der Waals surface area contributed by atoms with Gasteiger partial charge in [0.1, 0.15) is 5.00 Å². The van der Waals surface area contributed by atoms with Gasteiger partial charge in [0.15, 0.2) is 0 Å². The standard InChI is InChI=1S/C20H21N3O4S/c1-2-12-5-9-15-16(11-12)28-20(18(15)19(21)25)22-17(24)10-6-13-3-7-14(8-4-13)23(26)27/h3-4,6-8,10,12H,2,5,9,11H2,1H3,(H2,21,25)(H,22,24). The molecule has 1 aromatic heterocycles. The number of primary amides is 1. The van der Waals surface area contributed by atoms with Crippen LogP contribution < -0.4 is 11.1 Å². The number of hydrogen-bond donors (Lipinski definition) is 2. The maximum atomic E-state index is 12.3. The minimum atomic E-state index is -0.526. The monoisotopic (exact) mass is 399 g/mol. The maximum Gasteiger partial charge on any atom is 0.269 e. The molecule has 146 valence electrons. The molecule has 1 aliphatic rings. The molecular weight excluding hydrogens is 378 g/mol. The largest absolute Gasteiger partial charge is 0.365 e. The van der Waals surface area contributed by atoms with Crippen LogP contribution in [0.15, 0.2) is 30.3 Å². The zero-order valence-corrected chi connectivity index (χ0v) is 16.3. The fraction of sp³-hybridized carbons (Fsp3) is 0.300. The Morgan fingerprint density at radius 3 is 2.68 bits per heavy atom. The molecule has 0 saturated carbocycles. The van der Waals surface area contributed by atoms with Crippen LogP contribution in [-0.2, 0) is 17.6 Å². The van der Waals surface area contributed by atoms with Crippen molar-refractivity contribution in [2.75, 3.05) is 5.32 Å². The number of carbonyl (C=O) groups excluding carboxylic acids is 2. The molecule has 0 saturated heterocycles. The van der Waals surface area contributed by atoms with Crippen LogP contribution in [0.25, 0.3) is 6.08 Å². The number of nitrogens with one attached hydrogen (secondary N) is 1. The lowest BCUT2D eigenvalue weighted by Gasteiger charge is -2.20. The van der Waals surface area contributed by atoms with Gasteiger partial charge in [-0.1, -0.05) is 13.3 Å². The number of fused-ring (bicyclic) bond motifs is 1. The minimum absolute atomic E-state index is 0.0118. The van der Waals surface area contributed by atoms with E-state index in [0.717, 1.165) is 36.1 Å². The highest BCUT2D eigenvalue weighted by atomic mass is 32.1. The van der Waals surface area contributed by atoms with Gasteiger partial charge in [0.25, 0.3) is 11.6 Å². The van der Waals surface area contributed by atoms with Crippen LogP contribution in [0.5, 0.6) is 0 Å². The Hall–Kier alpha value is -3.00. The van der Waals surface area contributed by atoms with Gasteiger partial charge in [-0.15, -0.1) is 11.3 Å². The quantitative estimate of drug-likeness (QED) is 0.435. The number of nitrogens with zero attached hydrogens (tertiary/aromatic N) is 1. The van der Waals surface area contributed by atoms with Gasteiger partial charge in [0, 0.05) is 23.1 Å². The summed E-state index contributed by atoms with van der Waals surface area (Å²) in [5.74, 6) is -0.314. The Morgan fingerprint density at radius 2 is 2.07 bits per heavy atom. The van der Waals surface area contributed by atoms with E-state index in [4.69, 9.17) is 5.73 Å². The Balaban J connectivity index is 1.75. The number of nitrogens with two attached hydrogens (primary N) is 1. The van der Waals surface area contributed by atoms with Gasteiger partial charge in [-0.3, -0.25) is 19.7 Å². The topological polar surface area (TPSA) is 115 Å². The van der Waals surface area contributed by atoms with Crippen LogP contribution in [0.2, 0.25) is 0 Å². The average molecular weight is 399 g/mol. The number of hydrogen-bond acceptors (Lipinski definition) is 5. The SMILES string of the molecule is CCC1CCc2c(sc(NC(=O)C=Cc3ccc([N+](=O)[O-])cc3)c2C(N)=O)C1. The number of anilines is 1. The second-order valence-electron chi connectivity index (χ2n) is 6.76. The molecule has 1 heterocycles. The van der Waals surface area contributed by atoms with E-state index >= 15 is 0 Å². The zero-order chi connectivity index (χ0) is 20.3. The summed E-state index contributed by atoms with van der Waals surface area (Å²) in [5.41, 5.74) is 7.61. The molecule has 2 aromatic rings. The van der Waals surface area contributed by atoms with Crippen LogP contribution in [0.1, 0.15) is 46.1 Å². The maximum absolute atomic E-state index is 12.3. The lowest BCUT2D eigenvalue weighted by Crippen LogP contribution is -2.19. The normalized spacial score (nSPS) is 16.0. The van der Waals surface area contributed by atoms with Gasteiger partial charge in [0.05, 0.1) is 10.5 Å². The van der Waals surface area contributed by atoms with Crippen LogP contribution in [0.3, 0.4) is 0 Å². The Kier molecular flexibility index (Phi) is 5.89. The first kappa shape index (κ1) is 19.8. The van der Waals surface area contributed by atoms with Gasteiger partial charge in [-0.05, 0) is 54.5 Å². The predicted octanol–water partition coefficient (Wildman–Crippen LogP) is 3.92. The van der Waals surface area contributed by atoms with E-state index in [2.05, 4.69) is 12.2 Å². The highest BCUT2D eigenvalue weighted by Gasteiger charge is 2.27. The Labute approximate surface area is 166 Å². The lowest BCUT2D eigenvalue weighted by atomic mass is 9.85. The van der Waals surface area contributed by atoms with E-state index in [1.54, 1.807) is 18.2 Å². The number of thiophene rings is 1. The van der Waals surface area contributed by atoms with Crippen LogP contribution in [0, 0.1) is 16.0 Å². The number of carbonyl (C=O) groups is 2. The van der Waals surface area contributed by atoms with Crippen LogP contribution in [0.4, 0.5) is 10.7 Å². The van der Waals surface area contributed by atoms with Crippen LogP contribution >= 0.6 is 11.3 Å². The van der Waals surface area contributed by atoms with E-state index < -0.39 is 10.8 Å². The molecule has 0 spiro atoms. The molecule has 3 rings (SSSR count). The van der Waals surface area contributed by atoms with E-state index in [-0.39, 0.29) is 11.6 Å². The fourth-order valence-corrected chi connectivity index (χ4v) is 4.75. The molecule has 8 heteroatoms. The molecule has 1 aromatic carbocycles. The summed E-state index contributed by atoms with van der Waals surface area (Å²) in [6.07, 6.45) is 6.71. The van der Waals surface area contributed by atoms with Crippen molar-refractivity contribution in [3.63, 3.8) is 0 Å². The molecule has 2 amide bonds. The summed E-state index contributed by atoms with van der Waals surface area (Å²) in [6, 6.07) is 5.87. The average Bonchev–Trinajstić information content (AvgIpc) is 3.03.